The van der Waals surface area contributed by atoms with E-state index in [-0.39, 0.29) is 51.3 Å². The summed E-state index contributed by atoms with van der Waals surface area (Å²) in [6.07, 6.45) is 1.26. The normalized spacial score (nSPS) is 10.6. The van der Waals surface area contributed by atoms with E-state index in [1.807, 2.05) is 78.9 Å². The Kier molecular flexibility index (Phi) is 27.6. The Hall–Kier alpha value is 0.859. The second-order valence-electron chi connectivity index (χ2n) is 7.50. The van der Waals surface area contributed by atoms with Crippen molar-refractivity contribution in [2.45, 2.75) is 35.2 Å². The average Bonchev–Trinajstić information content (AvgIpc) is 3.67. The summed E-state index contributed by atoms with van der Waals surface area (Å²) >= 11 is 0. The maximum absolute atomic E-state index is 8.75. The Morgan fingerprint density at radius 1 is 0.737 bits per heavy atom. The Balaban J connectivity index is 0. The van der Waals surface area contributed by atoms with Crippen LogP contribution in [0.1, 0.15) is 33.1 Å². The van der Waals surface area contributed by atoms with Gasteiger partial charge in [-0.1, -0.05) is 23.3 Å². The Morgan fingerprint density at radius 2 is 1.26 bits per heavy atom. The van der Waals surface area contributed by atoms with E-state index in [0.717, 1.165) is 11.1 Å². The van der Waals surface area contributed by atoms with Crippen LogP contribution in [0.2, 0.25) is 0 Å². The van der Waals surface area contributed by atoms with Gasteiger partial charge in [0.05, 0.1) is 0 Å². The van der Waals surface area contributed by atoms with Crippen LogP contribution in [0, 0.1) is 0 Å². The van der Waals surface area contributed by atoms with Crippen LogP contribution >= 0.6 is 54.1 Å². The van der Waals surface area contributed by atoms with Crippen LogP contribution in [0.3, 0.4) is 0 Å². The third-order valence-electron chi connectivity index (χ3n) is 4.67. The molecule has 12 heteroatoms. The van der Waals surface area contributed by atoms with Crippen molar-refractivity contribution in [1.29, 1.82) is 0 Å². The van der Waals surface area contributed by atoms with E-state index in [4.69, 9.17) is 20.4 Å². The Labute approximate surface area is 261 Å². The molecular weight excluding hydrogens is 674 g/mol. The van der Waals surface area contributed by atoms with Crippen molar-refractivity contribution in [3.63, 3.8) is 0 Å². The van der Waals surface area contributed by atoms with Crippen LogP contribution in [0.5, 0.6) is 0 Å². The van der Waals surface area contributed by atoms with Gasteiger partial charge in [-0.3, -0.25) is 0 Å². The quantitative estimate of drug-likeness (QED) is 0.0782. The zero-order chi connectivity index (χ0) is 26.8. The molecule has 4 rings (SSSR count). The van der Waals surface area contributed by atoms with Gasteiger partial charge in [0.25, 0.3) is 0 Å². The molecule has 0 amide bonds. The summed E-state index contributed by atoms with van der Waals surface area (Å²) in [5, 5.41) is 36.0. The van der Waals surface area contributed by atoms with Gasteiger partial charge < -0.3 is 50.8 Å². The van der Waals surface area contributed by atoms with Gasteiger partial charge in [-0.05, 0) is 17.0 Å². The second-order valence-corrected chi connectivity index (χ2v) is 14.5. The van der Waals surface area contributed by atoms with Crippen molar-refractivity contribution < 1.29 is 54.6 Å². The van der Waals surface area contributed by atoms with Crippen molar-refractivity contribution in [2.24, 2.45) is 0 Å². The predicted octanol–water partition coefficient (Wildman–Crippen LogP) is 6.01. The van der Waals surface area contributed by atoms with Crippen molar-refractivity contribution in [3.05, 3.63) is 119 Å². The van der Waals surface area contributed by atoms with E-state index in [1.54, 1.807) is 0 Å². The zero-order valence-corrected chi connectivity index (χ0v) is 29.6. The standard InChI is InChI=1S/C9H15O4P2.C7H13P4.2C5H5.2Fe/c10-8(11)14-4-6-2-1-3-7(6)5-15-9(12)13;8-6(9)4-2-1-3-5(4)7(10)11;2*1-2-4-5-3-1;;/h1-3,8-15H,4-5H2;1-3,6-7H,8-11H2;2*1-5H;;/q2*-1;-5;-1;;. The molecule has 0 aliphatic rings. The SMILES string of the molecule is OC(O)PCc1ccc[c-]1CPC(O)O.PC(P)c1ccc[c-]1C(P)P.[Fe].[Fe].[cH-]1[cH-][cH-][cH-][cH-]1.c1cc[cH-]c1. The summed E-state index contributed by atoms with van der Waals surface area (Å²) in [7, 11) is 11.3. The van der Waals surface area contributed by atoms with Gasteiger partial charge in [0.1, 0.15) is 0 Å². The fourth-order valence-corrected chi connectivity index (χ4v) is 5.65. The first-order valence-corrected chi connectivity index (χ1v) is 16.5. The summed E-state index contributed by atoms with van der Waals surface area (Å²) in [6, 6.07) is 29.7. The molecule has 0 bridgehead atoms. The van der Waals surface area contributed by atoms with Crippen LogP contribution in [-0.2, 0) is 46.5 Å². The monoisotopic (exact) mass is 712 g/mol. The molecule has 0 aliphatic carbocycles. The number of hydrogen-bond donors (Lipinski definition) is 4. The van der Waals surface area contributed by atoms with Crippen molar-refractivity contribution in [3.8, 4) is 0 Å². The minimum atomic E-state index is -1.25. The molecule has 4 nitrogen and oxygen atoms in total. The molecule has 0 saturated carbocycles. The largest absolute Gasteiger partial charge is 0.748 e. The van der Waals surface area contributed by atoms with Crippen LogP contribution in [0.15, 0.2) is 97.1 Å². The first kappa shape index (κ1) is 41.0. The maximum atomic E-state index is 8.75. The van der Waals surface area contributed by atoms with Gasteiger partial charge >= 0.3 is 0 Å². The molecule has 4 aromatic rings. The van der Waals surface area contributed by atoms with E-state index in [1.165, 1.54) is 11.1 Å². The molecule has 0 saturated heterocycles. The minimum absolute atomic E-state index is 0. The van der Waals surface area contributed by atoms with Gasteiger partial charge in [-0.15, -0.1) is 48.1 Å². The van der Waals surface area contributed by atoms with Crippen LogP contribution in [-0.4, -0.2) is 32.5 Å². The Morgan fingerprint density at radius 3 is 1.66 bits per heavy atom. The van der Waals surface area contributed by atoms with Gasteiger partial charge in [-0.25, -0.2) is 36.4 Å². The summed E-state index contributed by atoms with van der Waals surface area (Å²) in [6.45, 7) is 0. The third-order valence-corrected chi connectivity index (χ3v) is 8.01. The van der Waals surface area contributed by atoms with Gasteiger partial charge in [0.15, 0.2) is 12.1 Å². The van der Waals surface area contributed by atoms with E-state index >= 15 is 0 Å². The third kappa shape index (κ3) is 19.9. The summed E-state index contributed by atoms with van der Waals surface area (Å²) in [4.78, 5) is 0. The second kappa shape index (κ2) is 25.6. The van der Waals surface area contributed by atoms with Crippen LogP contribution in [0.25, 0.3) is 0 Å². The average molecular weight is 712 g/mol. The number of aliphatic hydroxyl groups excluding tert-OH is 2. The Bertz CT molecular complexity index is 878. The first-order chi connectivity index (χ1) is 17.2. The molecule has 0 aliphatic heterocycles. The molecule has 6 atom stereocenters. The van der Waals surface area contributed by atoms with Crippen molar-refractivity contribution in [2.75, 3.05) is 0 Å². The predicted molar refractivity (Wildman–Crippen MR) is 173 cm³/mol. The number of hydrogen-bond acceptors (Lipinski definition) is 4. The van der Waals surface area contributed by atoms with Crippen LogP contribution in [0.4, 0.5) is 0 Å². The summed E-state index contributed by atoms with van der Waals surface area (Å²) < 4.78 is 0. The van der Waals surface area contributed by atoms with E-state index in [2.05, 4.69) is 55.2 Å². The molecule has 6 unspecified atom stereocenters. The first-order valence-electron chi connectivity index (χ1n) is 11.3. The summed E-state index contributed by atoms with van der Waals surface area (Å²) in [5.41, 5.74) is 4.93. The molecule has 0 radical (unpaired) electrons. The molecule has 0 fully saturated rings. The van der Waals surface area contributed by atoms with E-state index in [9.17, 15) is 0 Å². The fraction of sp³-hybridized carbons (Fsp3) is 0.231. The molecule has 4 aromatic carbocycles. The van der Waals surface area contributed by atoms with E-state index in [0.29, 0.717) is 23.1 Å². The maximum Gasteiger partial charge on any atom is 0.167 e. The number of aliphatic hydroxyl groups is 4. The molecule has 4 N–H and O–H groups in total. The molecule has 38 heavy (non-hydrogen) atoms. The minimum Gasteiger partial charge on any atom is -0.748 e. The van der Waals surface area contributed by atoms with Crippen molar-refractivity contribution >= 4 is 54.1 Å². The summed E-state index contributed by atoms with van der Waals surface area (Å²) in [5.74, 6) is 0. The van der Waals surface area contributed by atoms with Gasteiger partial charge in [0, 0.05) is 34.1 Å². The molecular formula is C26H38Fe2O4P6-8. The molecule has 0 aromatic heterocycles. The zero-order valence-electron chi connectivity index (χ0n) is 20.8. The topological polar surface area (TPSA) is 80.9 Å². The van der Waals surface area contributed by atoms with Gasteiger partial charge in [0.2, 0.25) is 0 Å². The molecule has 220 valence electrons. The number of rotatable bonds is 8. The van der Waals surface area contributed by atoms with Crippen molar-refractivity contribution in [1.82, 2.24) is 0 Å². The molecule has 0 heterocycles. The molecule has 0 spiro atoms. The van der Waals surface area contributed by atoms with Crippen LogP contribution < -0.4 is 0 Å². The van der Waals surface area contributed by atoms with Gasteiger partial charge in [-0.2, -0.15) is 41.5 Å². The smallest absolute Gasteiger partial charge is 0.167 e. The van der Waals surface area contributed by atoms with E-state index < -0.39 is 12.1 Å². The fourth-order valence-electron chi connectivity index (χ4n) is 2.94.